The topological polar surface area (TPSA) is 39.5 Å². The summed E-state index contributed by atoms with van der Waals surface area (Å²) >= 11 is 0. The van der Waals surface area contributed by atoms with E-state index in [-0.39, 0.29) is 0 Å². The number of rotatable bonds is 6. The van der Waals surface area contributed by atoms with Gasteiger partial charge in [0, 0.05) is 31.2 Å². The van der Waals surface area contributed by atoms with Crippen molar-refractivity contribution in [2.45, 2.75) is 31.9 Å². The molecule has 2 heterocycles. The maximum atomic E-state index is 5.83. The molecular formula is C18H25N3O2. The Labute approximate surface area is 137 Å². The molecule has 1 aliphatic heterocycles. The number of aromatic nitrogens is 2. The highest BCUT2D eigenvalue weighted by atomic mass is 16.5. The van der Waals surface area contributed by atoms with E-state index in [9.17, 15) is 0 Å². The average Bonchev–Trinajstić information content (AvgIpc) is 3.03. The van der Waals surface area contributed by atoms with Crippen molar-refractivity contribution in [1.82, 2.24) is 14.5 Å². The molecule has 124 valence electrons. The molecule has 1 fully saturated rings. The van der Waals surface area contributed by atoms with E-state index in [1.807, 2.05) is 36.7 Å². The summed E-state index contributed by atoms with van der Waals surface area (Å²) in [5.74, 6) is 1.90. The van der Waals surface area contributed by atoms with Crippen molar-refractivity contribution in [1.29, 1.82) is 0 Å². The maximum absolute atomic E-state index is 5.83. The Kier molecular flexibility index (Phi) is 5.31. The molecule has 23 heavy (non-hydrogen) atoms. The van der Waals surface area contributed by atoms with Crippen LogP contribution in [0.5, 0.6) is 5.75 Å². The van der Waals surface area contributed by atoms with Gasteiger partial charge in [0.25, 0.3) is 0 Å². The zero-order valence-electron chi connectivity index (χ0n) is 13.9. The number of ether oxygens (including phenoxy) is 2. The molecule has 1 aromatic carbocycles. The van der Waals surface area contributed by atoms with Crippen molar-refractivity contribution in [2.24, 2.45) is 0 Å². The summed E-state index contributed by atoms with van der Waals surface area (Å²) in [4.78, 5) is 6.81. The summed E-state index contributed by atoms with van der Waals surface area (Å²) in [7, 11) is 3.81. The van der Waals surface area contributed by atoms with E-state index >= 15 is 0 Å². The zero-order valence-corrected chi connectivity index (χ0v) is 13.9. The van der Waals surface area contributed by atoms with Crippen molar-refractivity contribution < 1.29 is 9.47 Å². The molecule has 0 spiro atoms. The molecule has 1 unspecified atom stereocenters. The highest BCUT2D eigenvalue weighted by Gasteiger charge is 2.17. The lowest BCUT2D eigenvalue weighted by Crippen LogP contribution is -2.33. The molecule has 0 bridgehead atoms. The van der Waals surface area contributed by atoms with Crippen LogP contribution in [-0.4, -0.2) is 47.9 Å². The quantitative estimate of drug-likeness (QED) is 0.822. The molecule has 1 aromatic heterocycles. The van der Waals surface area contributed by atoms with E-state index in [4.69, 9.17) is 9.47 Å². The maximum Gasteiger partial charge on any atom is 0.127 e. The van der Waals surface area contributed by atoms with E-state index in [0.29, 0.717) is 6.10 Å². The minimum absolute atomic E-state index is 0.359. The van der Waals surface area contributed by atoms with Gasteiger partial charge in [0.15, 0.2) is 0 Å². The summed E-state index contributed by atoms with van der Waals surface area (Å²) in [6.07, 6.45) is 7.85. The third kappa shape index (κ3) is 4.12. The number of hydrogen-bond acceptors (Lipinski definition) is 4. The van der Waals surface area contributed by atoms with Gasteiger partial charge in [-0.1, -0.05) is 0 Å². The highest BCUT2D eigenvalue weighted by molar-refractivity contribution is 5.38. The molecule has 1 atom stereocenters. The van der Waals surface area contributed by atoms with Gasteiger partial charge in [-0.3, -0.25) is 4.90 Å². The predicted molar refractivity (Wildman–Crippen MR) is 90.0 cm³/mol. The lowest BCUT2D eigenvalue weighted by molar-refractivity contribution is -0.00296. The van der Waals surface area contributed by atoms with Gasteiger partial charge in [0.2, 0.25) is 0 Å². The third-order valence-electron chi connectivity index (χ3n) is 4.27. The number of nitrogens with zero attached hydrogens (tertiary/aromatic N) is 3. The van der Waals surface area contributed by atoms with Crippen LogP contribution in [0.3, 0.4) is 0 Å². The molecule has 0 amide bonds. The highest BCUT2D eigenvalue weighted by Crippen LogP contribution is 2.18. The number of imidazole rings is 1. The van der Waals surface area contributed by atoms with Gasteiger partial charge in [-0.05, 0) is 50.6 Å². The van der Waals surface area contributed by atoms with Crippen LogP contribution in [0.15, 0.2) is 36.7 Å². The molecular weight excluding hydrogens is 290 g/mol. The lowest BCUT2D eigenvalue weighted by Gasteiger charge is -2.27. The monoisotopic (exact) mass is 315 g/mol. The Hall–Kier alpha value is -1.85. The van der Waals surface area contributed by atoms with Crippen LogP contribution in [-0.2, 0) is 11.3 Å². The number of methoxy groups -OCH3 is 1. The molecule has 0 N–H and O–H groups in total. The fraction of sp³-hybridized carbons (Fsp3) is 0.500. The summed E-state index contributed by atoms with van der Waals surface area (Å²) in [5.41, 5.74) is 1.10. The summed E-state index contributed by atoms with van der Waals surface area (Å²) in [5, 5.41) is 0. The standard InChI is InChI=1S/C18H25N3O2/c1-20(13-17-5-3-4-12-23-17)14-18-19-10-11-21(18)15-6-8-16(22-2)9-7-15/h6-11,17H,3-5,12-14H2,1-2H3. The first-order valence-electron chi connectivity index (χ1n) is 8.23. The largest absolute Gasteiger partial charge is 0.497 e. The van der Waals surface area contributed by atoms with Gasteiger partial charge < -0.3 is 14.0 Å². The van der Waals surface area contributed by atoms with Gasteiger partial charge in [0.05, 0.1) is 19.8 Å². The third-order valence-corrected chi connectivity index (χ3v) is 4.27. The predicted octanol–water partition coefficient (Wildman–Crippen LogP) is 2.88. The number of hydrogen-bond donors (Lipinski definition) is 0. The SMILES string of the molecule is COc1ccc(-n2ccnc2CN(C)CC2CCCCO2)cc1. The first-order chi connectivity index (χ1) is 11.3. The molecule has 1 aliphatic rings. The Bertz CT molecular complexity index is 603. The second-order valence-electron chi connectivity index (χ2n) is 6.10. The fourth-order valence-corrected chi connectivity index (χ4v) is 3.03. The first kappa shape index (κ1) is 16.0. The molecule has 5 heteroatoms. The second-order valence-corrected chi connectivity index (χ2v) is 6.10. The molecule has 0 radical (unpaired) electrons. The van der Waals surface area contributed by atoms with Crippen molar-refractivity contribution in [2.75, 3.05) is 27.3 Å². The second kappa shape index (κ2) is 7.62. The van der Waals surface area contributed by atoms with Gasteiger partial charge in [-0.15, -0.1) is 0 Å². The lowest BCUT2D eigenvalue weighted by atomic mass is 10.1. The molecule has 5 nitrogen and oxygen atoms in total. The van der Waals surface area contributed by atoms with E-state index < -0.39 is 0 Å². The van der Waals surface area contributed by atoms with Gasteiger partial charge in [-0.25, -0.2) is 4.98 Å². The van der Waals surface area contributed by atoms with Crippen LogP contribution in [0.25, 0.3) is 5.69 Å². The van der Waals surface area contributed by atoms with Crippen LogP contribution in [0, 0.1) is 0 Å². The minimum Gasteiger partial charge on any atom is -0.497 e. The average molecular weight is 315 g/mol. The Morgan fingerprint density at radius 3 is 2.83 bits per heavy atom. The van der Waals surface area contributed by atoms with Crippen molar-refractivity contribution in [3.8, 4) is 11.4 Å². The molecule has 2 aromatic rings. The van der Waals surface area contributed by atoms with Crippen molar-refractivity contribution in [3.05, 3.63) is 42.5 Å². The van der Waals surface area contributed by atoms with Gasteiger partial charge in [0.1, 0.15) is 11.6 Å². The van der Waals surface area contributed by atoms with E-state index in [1.165, 1.54) is 12.8 Å². The summed E-state index contributed by atoms with van der Waals surface area (Å²) < 4.78 is 13.2. The molecule has 0 saturated carbocycles. The van der Waals surface area contributed by atoms with Crippen molar-refractivity contribution in [3.63, 3.8) is 0 Å². The number of likely N-dealkylation sites (N-methyl/N-ethyl adjacent to an activating group) is 1. The first-order valence-corrected chi connectivity index (χ1v) is 8.23. The Morgan fingerprint density at radius 2 is 2.13 bits per heavy atom. The van der Waals surface area contributed by atoms with Crippen LogP contribution in [0.1, 0.15) is 25.1 Å². The Balaban J connectivity index is 1.65. The van der Waals surface area contributed by atoms with E-state index in [1.54, 1.807) is 7.11 Å². The molecule has 0 aliphatic carbocycles. The van der Waals surface area contributed by atoms with Crippen LogP contribution < -0.4 is 4.74 Å². The Morgan fingerprint density at radius 1 is 1.30 bits per heavy atom. The molecule has 3 rings (SSSR count). The summed E-state index contributed by atoms with van der Waals surface area (Å²) in [6, 6.07) is 8.04. The van der Waals surface area contributed by atoms with E-state index in [2.05, 4.69) is 21.5 Å². The van der Waals surface area contributed by atoms with Crippen LogP contribution >= 0.6 is 0 Å². The van der Waals surface area contributed by atoms with Crippen LogP contribution in [0.4, 0.5) is 0 Å². The minimum atomic E-state index is 0.359. The van der Waals surface area contributed by atoms with Crippen molar-refractivity contribution >= 4 is 0 Å². The smallest absolute Gasteiger partial charge is 0.127 e. The zero-order chi connectivity index (χ0) is 16.1. The normalized spacial score (nSPS) is 18.3. The van der Waals surface area contributed by atoms with E-state index in [0.717, 1.165) is 43.4 Å². The fourth-order valence-electron chi connectivity index (χ4n) is 3.03. The van der Waals surface area contributed by atoms with Crippen LogP contribution in [0.2, 0.25) is 0 Å². The number of benzene rings is 1. The molecule has 1 saturated heterocycles. The van der Waals surface area contributed by atoms with Gasteiger partial charge in [-0.2, -0.15) is 0 Å². The van der Waals surface area contributed by atoms with Gasteiger partial charge >= 0.3 is 0 Å². The summed E-state index contributed by atoms with van der Waals surface area (Å²) in [6.45, 7) is 2.66.